The molecule has 0 radical (unpaired) electrons. The number of hydrogen-bond acceptors (Lipinski definition) is 3. The molecule has 5 heteroatoms. The molecule has 1 amide bonds. The van der Waals surface area contributed by atoms with Crippen LogP contribution in [-0.2, 0) is 0 Å². The lowest BCUT2D eigenvalue weighted by atomic mass is 10.1. The van der Waals surface area contributed by atoms with E-state index in [-0.39, 0.29) is 0 Å². The third-order valence-electron chi connectivity index (χ3n) is 2.43. The van der Waals surface area contributed by atoms with Crippen LogP contribution in [0.4, 0.5) is 5.69 Å². The molecule has 0 spiro atoms. The molecule has 1 aromatic heterocycles. The first-order valence-corrected chi connectivity index (χ1v) is 4.90. The fourth-order valence-electron chi connectivity index (χ4n) is 1.61. The first-order chi connectivity index (χ1) is 8.13. The minimum atomic E-state index is -0.531. The van der Waals surface area contributed by atoms with Gasteiger partial charge in [0.2, 0.25) is 5.91 Å². The molecule has 0 aliphatic rings. The third kappa shape index (κ3) is 1.84. The van der Waals surface area contributed by atoms with E-state index in [1.165, 1.54) is 6.07 Å². The van der Waals surface area contributed by atoms with Crippen molar-refractivity contribution >= 4 is 11.6 Å². The van der Waals surface area contributed by atoms with Crippen molar-refractivity contribution in [1.82, 2.24) is 4.57 Å². The van der Waals surface area contributed by atoms with Crippen LogP contribution >= 0.6 is 0 Å². The van der Waals surface area contributed by atoms with E-state index in [1.807, 2.05) is 0 Å². The SMILES string of the molecule is N#Cc1cccn1-c1ccc(C(N)=O)cc1N. The summed E-state index contributed by atoms with van der Waals surface area (Å²) < 4.78 is 1.65. The number of amides is 1. The molecule has 0 aliphatic heterocycles. The first kappa shape index (κ1) is 10.8. The van der Waals surface area contributed by atoms with Crippen molar-refractivity contribution in [3.8, 4) is 11.8 Å². The lowest BCUT2D eigenvalue weighted by Gasteiger charge is -2.09. The van der Waals surface area contributed by atoms with E-state index >= 15 is 0 Å². The van der Waals surface area contributed by atoms with Crippen LogP contribution in [0.2, 0.25) is 0 Å². The highest BCUT2D eigenvalue weighted by molar-refractivity contribution is 5.94. The summed E-state index contributed by atoms with van der Waals surface area (Å²) in [6.45, 7) is 0. The predicted octanol–water partition coefficient (Wildman–Crippen LogP) is 1.03. The summed E-state index contributed by atoms with van der Waals surface area (Å²) in [5.74, 6) is -0.531. The summed E-state index contributed by atoms with van der Waals surface area (Å²) in [4.78, 5) is 11.0. The van der Waals surface area contributed by atoms with Gasteiger partial charge in [-0.15, -0.1) is 0 Å². The van der Waals surface area contributed by atoms with E-state index in [4.69, 9.17) is 16.7 Å². The number of nitrogen functional groups attached to an aromatic ring is 1. The normalized spacial score (nSPS) is 9.82. The molecule has 1 aromatic carbocycles. The molecule has 0 saturated heterocycles. The Kier molecular flexibility index (Phi) is 2.55. The lowest BCUT2D eigenvalue weighted by Crippen LogP contribution is -2.12. The molecule has 0 bridgehead atoms. The number of benzene rings is 1. The van der Waals surface area contributed by atoms with E-state index < -0.39 is 5.91 Å². The lowest BCUT2D eigenvalue weighted by molar-refractivity contribution is 0.100. The smallest absolute Gasteiger partial charge is 0.248 e. The number of carbonyl (C=O) groups excluding carboxylic acids is 1. The Morgan fingerprint density at radius 3 is 2.71 bits per heavy atom. The van der Waals surface area contributed by atoms with Gasteiger partial charge in [-0.2, -0.15) is 5.26 Å². The summed E-state index contributed by atoms with van der Waals surface area (Å²) in [6.07, 6.45) is 1.73. The third-order valence-corrected chi connectivity index (χ3v) is 2.43. The highest BCUT2D eigenvalue weighted by Crippen LogP contribution is 2.20. The Morgan fingerprint density at radius 2 is 2.12 bits per heavy atom. The Labute approximate surface area is 97.9 Å². The number of rotatable bonds is 2. The number of hydrogen-bond donors (Lipinski definition) is 2. The van der Waals surface area contributed by atoms with Crippen LogP contribution in [0.15, 0.2) is 36.5 Å². The van der Waals surface area contributed by atoms with Gasteiger partial charge in [0.05, 0.1) is 11.4 Å². The molecule has 0 saturated carbocycles. The Balaban J connectivity index is 2.55. The van der Waals surface area contributed by atoms with Crippen LogP contribution in [0.5, 0.6) is 0 Å². The van der Waals surface area contributed by atoms with Gasteiger partial charge in [0.15, 0.2) is 0 Å². The van der Waals surface area contributed by atoms with E-state index in [0.717, 1.165) is 0 Å². The topological polar surface area (TPSA) is 97.8 Å². The van der Waals surface area contributed by atoms with Crippen molar-refractivity contribution in [2.24, 2.45) is 5.73 Å². The quantitative estimate of drug-likeness (QED) is 0.748. The van der Waals surface area contributed by atoms with Crippen molar-refractivity contribution in [2.75, 3.05) is 5.73 Å². The molecule has 0 aliphatic carbocycles. The van der Waals surface area contributed by atoms with Gasteiger partial charge in [-0.1, -0.05) is 0 Å². The standard InChI is InChI=1S/C12H10N4O/c13-7-9-2-1-5-16(9)11-4-3-8(12(15)17)6-10(11)14/h1-6H,14H2,(H2,15,17). The number of aromatic nitrogens is 1. The van der Waals surface area contributed by atoms with Gasteiger partial charge in [-0.05, 0) is 30.3 Å². The maximum absolute atomic E-state index is 11.0. The van der Waals surface area contributed by atoms with Crippen LogP contribution in [0, 0.1) is 11.3 Å². The van der Waals surface area contributed by atoms with E-state index in [9.17, 15) is 4.79 Å². The van der Waals surface area contributed by atoms with Crippen LogP contribution in [0.25, 0.3) is 5.69 Å². The highest BCUT2D eigenvalue weighted by Gasteiger charge is 2.08. The average Bonchev–Trinajstić information content (AvgIpc) is 2.76. The van der Waals surface area contributed by atoms with Gasteiger partial charge in [0, 0.05) is 11.8 Å². The van der Waals surface area contributed by atoms with Crippen molar-refractivity contribution in [1.29, 1.82) is 5.26 Å². The zero-order chi connectivity index (χ0) is 12.4. The van der Waals surface area contributed by atoms with Gasteiger partial charge in [-0.25, -0.2) is 0 Å². The van der Waals surface area contributed by atoms with Gasteiger partial charge in [-0.3, -0.25) is 4.79 Å². The van der Waals surface area contributed by atoms with Crippen molar-refractivity contribution in [3.05, 3.63) is 47.8 Å². The fraction of sp³-hybridized carbons (Fsp3) is 0. The molecular weight excluding hydrogens is 216 g/mol. The maximum Gasteiger partial charge on any atom is 0.248 e. The zero-order valence-electron chi connectivity index (χ0n) is 8.92. The minimum absolute atomic E-state index is 0.344. The molecule has 0 atom stereocenters. The van der Waals surface area contributed by atoms with E-state index in [1.54, 1.807) is 35.0 Å². The Morgan fingerprint density at radius 1 is 1.35 bits per heavy atom. The van der Waals surface area contributed by atoms with Crippen LogP contribution in [0.1, 0.15) is 16.1 Å². The van der Waals surface area contributed by atoms with Gasteiger partial charge >= 0.3 is 0 Å². The number of nitriles is 1. The molecule has 0 fully saturated rings. The summed E-state index contributed by atoms with van der Waals surface area (Å²) in [5, 5.41) is 8.92. The summed E-state index contributed by atoms with van der Waals surface area (Å²) >= 11 is 0. The first-order valence-electron chi connectivity index (χ1n) is 4.90. The molecule has 1 heterocycles. The second-order valence-corrected chi connectivity index (χ2v) is 3.51. The molecule has 4 N–H and O–H groups in total. The number of anilines is 1. The van der Waals surface area contributed by atoms with Gasteiger partial charge < -0.3 is 16.0 Å². The molecule has 2 rings (SSSR count). The number of carbonyl (C=O) groups is 1. The maximum atomic E-state index is 11.0. The van der Waals surface area contributed by atoms with Crippen LogP contribution < -0.4 is 11.5 Å². The number of primary amides is 1. The van der Waals surface area contributed by atoms with E-state index in [2.05, 4.69) is 6.07 Å². The summed E-state index contributed by atoms with van der Waals surface area (Å²) in [7, 11) is 0. The van der Waals surface area contributed by atoms with Crippen LogP contribution in [0.3, 0.4) is 0 Å². The minimum Gasteiger partial charge on any atom is -0.397 e. The molecule has 17 heavy (non-hydrogen) atoms. The molecule has 5 nitrogen and oxygen atoms in total. The Bertz CT molecular complexity index is 622. The van der Waals surface area contributed by atoms with Crippen molar-refractivity contribution in [3.63, 3.8) is 0 Å². The Hall–Kier alpha value is -2.74. The summed E-state index contributed by atoms with van der Waals surface area (Å²) in [6, 6.07) is 10.2. The second kappa shape index (κ2) is 4.02. The zero-order valence-corrected chi connectivity index (χ0v) is 8.92. The number of nitrogens with two attached hydrogens (primary N) is 2. The molecular formula is C12H10N4O. The highest BCUT2D eigenvalue weighted by atomic mass is 16.1. The molecule has 84 valence electrons. The summed E-state index contributed by atoms with van der Waals surface area (Å²) in [5.41, 5.74) is 12.9. The van der Waals surface area contributed by atoms with E-state index in [0.29, 0.717) is 22.6 Å². The monoisotopic (exact) mass is 226 g/mol. The van der Waals surface area contributed by atoms with Crippen LogP contribution in [-0.4, -0.2) is 10.5 Å². The predicted molar refractivity (Wildman–Crippen MR) is 63.4 cm³/mol. The van der Waals surface area contributed by atoms with Crippen molar-refractivity contribution in [2.45, 2.75) is 0 Å². The molecule has 2 aromatic rings. The number of nitrogens with zero attached hydrogens (tertiary/aromatic N) is 2. The average molecular weight is 226 g/mol. The molecule has 0 unspecified atom stereocenters. The largest absolute Gasteiger partial charge is 0.397 e. The van der Waals surface area contributed by atoms with Gasteiger partial charge in [0.25, 0.3) is 0 Å². The van der Waals surface area contributed by atoms with Crippen molar-refractivity contribution < 1.29 is 4.79 Å². The van der Waals surface area contributed by atoms with Gasteiger partial charge in [0.1, 0.15) is 11.8 Å². The second-order valence-electron chi connectivity index (χ2n) is 3.51. The fourth-order valence-corrected chi connectivity index (χ4v) is 1.61.